The van der Waals surface area contributed by atoms with Gasteiger partial charge in [0.05, 0.1) is 11.2 Å². The molecule has 1 aromatic carbocycles. The predicted octanol–water partition coefficient (Wildman–Crippen LogP) is 4.16. The van der Waals surface area contributed by atoms with Crippen LogP contribution in [-0.2, 0) is 20.7 Å². The van der Waals surface area contributed by atoms with E-state index in [0.717, 1.165) is 5.56 Å². The zero-order chi connectivity index (χ0) is 21.8. The number of amides is 1. The van der Waals surface area contributed by atoms with Crippen LogP contribution in [0.15, 0.2) is 54.1 Å². The number of carbonyl (C=O) groups is 1. The van der Waals surface area contributed by atoms with Gasteiger partial charge in [0, 0.05) is 18.8 Å². The third kappa shape index (κ3) is 5.46. The minimum atomic E-state index is -0.694. The lowest BCUT2D eigenvalue weighted by Gasteiger charge is -2.32. The van der Waals surface area contributed by atoms with Crippen LogP contribution in [0.4, 0.5) is 9.18 Å². The number of pyridine rings is 1. The van der Waals surface area contributed by atoms with Gasteiger partial charge >= 0.3 is 13.2 Å². The molecule has 3 rings (SSSR count). The summed E-state index contributed by atoms with van der Waals surface area (Å²) in [5.74, 6) is -0.591. The average Bonchev–Trinajstić information content (AvgIpc) is 2.91. The smallest absolute Gasteiger partial charge is 0.445 e. The molecule has 2 heterocycles. The van der Waals surface area contributed by atoms with E-state index in [1.165, 1.54) is 12.3 Å². The molecule has 1 aliphatic rings. The maximum absolute atomic E-state index is 13.5. The number of nitrogens with one attached hydrogen (secondary N) is 1. The maximum Gasteiger partial charge on any atom is 0.492 e. The second-order valence-electron chi connectivity index (χ2n) is 8.13. The Bertz CT molecular complexity index is 902. The minimum Gasteiger partial charge on any atom is -0.445 e. The van der Waals surface area contributed by atoms with Crippen LogP contribution in [0, 0.1) is 5.95 Å². The number of halogens is 1. The van der Waals surface area contributed by atoms with Crippen LogP contribution in [0.1, 0.15) is 38.8 Å². The molecular formula is C22H26BFN2O4. The molecule has 30 heavy (non-hydrogen) atoms. The number of alkyl carbamates (subject to hydrolysis) is 1. The van der Waals surface area contributed by atoms with E-state index in [2.05, 4.69) is 10.3 Å². The highest BCUT2D eigenvalue weighted by atomic mass is 19.1. The second kappa shape index (κ2) is 8.98. The number of ether oxygens (including phenoxy) is 1. The van der Waals surface area contributed by atoms with E-state index in [4.69, 9.17) is 14.0 Å². The quantitative estimate of drug-likeness (QED) is 0.570. The molecule has 6 nitrogen and oxygen atoms in total. The maximum atomic E-state index is 13.5. The lowest BCUT2D eigenvalue weighted by molar-refractivity contribution is 0.00578. The van der Waals surface area contributed by atoms with E-state index in [1.54, 1.807) is 12.1 Å². The molecule has 0 aliphatic carbocycles. The van der Waals surface area contributed by atoms with Crippen LogP contribution in [0.2, 0.25) is 0 Å². The van der Waals surface area contributed by atoms with Crippen molar-refractivity contribution in [3.05, 3.63) is 71.2 Å². The number of hydrogen-bond donors (Lipinski definition) is 1. The Morgan fingerprint density at radius 1 is 1.17 bits per heavy atom. The molecule has 1 fully saturated rings. The lowest BCUT2D eigenvalue weighted by atomic mass is 9.77. The molecule has 158 valence electrons. The molecule has 0 bridgehead atoms. The van der Waals surface area contributed by atoms with E-state index < -0.39 is 30.4 Å². The number of aromatic nitrogens is 1. The van der Waals surface area contributed by atoms with Crippen molar-refractivity contribution in [2.75, 3.05) is 6.54 Å². The molecule has 1 aromatic heterocycles. The van der Waals surface area contributed by atoms with Gasteiger partial charge < -0.3 is 19.4 Å². The zero-order valence-electron chi connectivity index (χ0n) is 17.6. The standard InChI is InChI=1S/C22H26BFN2O4/c1-21(2)22(3,4)30-23(29-21)18(12-17-10-11-25-19(24)13-17)14-26-20(27)28-15-16-8-6-5-7-9-16/h5-13H,14-15H2,1-4H3,(H,26,27). The van der Waals surface area contributed by atoms with E-state index in [9.17, 15) is 9.18 Å². The molecule has 0 saturated carbocycles. The highest BCUT2D eigenvalue weighted by molar-refractivity contribution is 6.56. The summed E-state index contributed by atoms with van der Waals surface area (Å²) >= 11 is 0. The summed E-state index contributed by atoms with van der Waals surface area (Å²) < 4.78 is 31.0. The van der Waals surface area contributed by atoms with Crippen LogP contribution < -0.4 is 5.32 Å². The Balaban J connectivity index is 1.71. The van der Waals surface area contributed by atoms with E-state index >= 15 is 0 Å². The van der Waals surface area contributed by atoms with Crippen molar-refractivity contribution in [2.24, 2.45) is 0 Å². The van der Waals surface area contributed by atoms with Gasteiger partial charge in [-0.15, -0.1) is 0 Å². The topological polar surface area (TPSA) is 69.7 Å². The zero-order valence-corrected chi connectivity index (χ0v) is 17.6. The van der Waals surface area contributed by atoms with Crippen LogP contribution in [0.3, 0.4) is 0 Å². The molecular weight excluding hydrogens is 386 g/mol. The molecule has 0 spiro atoms. The highest BCUT2D eigenvalue weighted by Crippen LogP contribution is 2.38. The number of carbonyl (C=O) groups excluding carboxylic acids is 1. The summed E-state index contributed by atoms with van der Waals surface area (Å²) in [6, 6.07) is 12.4. The van der Waals surface area contributed by atoms with Crippen molar-refractivity contribution >= 4 is 19.3 Å². The van der Waals surface area contributed by atoms with Gasteiger partial charge in [-0.2, -0.15) is 4.39 Å². The third-order valence-electron chi connectivity index (χ3n) is 5.31. The van der Waals surface area contributed by atoms with Gasteiger partial charge in [0.25, 0.3) is 0 Å². The summed E-state index contributed by atoms with van der Waals surface area (Å²) in [7, 11) is -0.694. The summed E-state index contributed by atoms with van der Waals surface area (Å²) in [4.78, 5) is 15.8. The van der Waals surface area contributed by atoms with Crippen molar-refractivity contribution in [1.29, 1.82) is 0 Å². The van der Waals surface area contributed by atoms with Crippen molar-refractivity contribution in [1.82, 2.24) is 10.3 Å². The second-order valence-corrected chi connectivity index (χ2v) is 8.13. The Kier molecular flexibility index (Phi) is 6.58. The number of rotatable bonds is 6. The largest absolute Gasteiger partial charge is 0.492 e. The van der Waals surface area contributed by atoms with E-state index in [1.807, 2.05) is 58.0 Å². The van der Waals surface area contributed by atoms with Crippen molar-refractivity contribution in [3.63, 3.8) is 0 Å². The fourth-order valence-corrected chi connectivity index (χ4v) is 2.87. The van der Waals surface area contributed by atoms with Gasteiger partial charge in [-0.1, -0.05) is 36.4 Å². The summed E-state index contributed by atoms with van der Waals surface area (Å²) in [5.41, 5.74) is 1.02. The average molecular weight is 412 g/mol. The first-order valence-electron chi connectivity index (χ1n) is 9.78. The van der Waals surface area contributed by atoms with Crippen molar-refractivity contribution < 1.29 is 23.2 Å². The summed E-state index contributed by atoms with van der Waals surface area (Å²) in [6.45, 7) is 8.05. The third-order valence-corrected chi connectivity index (χ3v) is 5.31. The molecule has 8 heteroatoms. The minimum absolute atomic E-state index is 0.119. The number of benzene rings is 1. The summed E-state index contributed by atoms with van der Waals surface area (Å²) in [6.07, 6.45) is 2.54. The number of nitrogens with zero attached hydrogens (tertiary/aromatic N) is 1. The van der Waals surface area contributed by atoms with Gasteiger partial charge in [-0.05, 0) is 50.4 Å². The fourth-order valence-electron chi connectivity index (χ4n) is 2.87. The first-order valence-corrected chi connectivity index (χ1v) is 9.78. The fraction of sp³-hybridized carbons (Fsp3) is 0.364. The van der Waals surface area contributed by atoms with E-state index in [-0.39, 0.29) is 13.2 Å². The van der Waals surface area contributed by atoms with Gasteiger partial charge in [0.1, 0.15) is 6.61 Å². The SMILES string of the molecule is CC1(C)OB(C(=Cc2ccnc(F)c2)CNC(=O)OCc2ccccc2)OC1(C)C. The molecule has 0 atom stereocenters. The van der Waals surface area contributed by atoms with Crippen LogP contribution in [-0.4, -0.2) is 35.9 Å². The Labute approximate surface area is 176 Å². The van der Waals surface area contributed by atoms with Crippen molar-refractivity contribution in [3.8, 4) is 0 Å². The Morgan fingerprint density at radius 3 is 2.47 bits per heavy atom. The number of hydrogen-bond acceptors (Lipinski definition) is 5. The molecule has 1 amide bonds. The Hall–Kier alpha value is -2.71. The molecule has 1 N–H and O–H groups in total. The molecule has 0 unspecified atom stereocenters. The van der Waals surface area contributed by atoms with Crippen molar-refractivity contribution in [2.45, 2.75) is 45.5 Å². The van der Waals surface area contributed by atoms with Crippen LogP contribution in [0.25, 0.3) is 6.08 Å². The van der Waals surface area contributed by atoms with Crippen LogP contribution in [0.5, 0.6) is 0 Å². The van der Waals surface area contributed by atoms with Crippen LogP contribution >= 0.6 is 0 Å². The van der Waals surface area contributed by atoms with Gasteiger partial charge in [-0.3, -0.25) is 0 Å². The first kappa shape index (κ1) is 22.0. The predicted molar refractivity (Wildman–Crippen MR) is 113 cm³/mol. The normalized spacial score (nSPS) is 17.6. The molecule has 2 aromatic rings. The molecule has 1 aliphatic heterocycles. The lowest BCUT2D eigenvalue weighted by Crippen LogP contribution is -2.41. The van der Waals surface area contributed by atoms with Gasteiger partial charge in [-0.25, -0.2) is 9.78 Å². The summed E-state index contributed by atoms with van der Waals surface area (Å²) in [5, 5.41) is 2.72. The highest BCUT2D eigenvalue weighted by Gasteiger charge is 2.52. The Morgan fingerprint density at radius 2 is 1.83 bits per heavy atom. The van der Waals surface area contributed by atoms with Gasteiger partial charge in [0.15, 0.2) is 0 Å². The first-order chi connectivity index (χ1) is 14.2. The monoisotopic (exact) mass is 412 g/mol. The van der Waals surface area contributed by atoms with E-state index in [0.29, 0.717) is 11.0 Å². The van der Waals surface area contributed by atoms with Gasteiger partial charge in [0.2, 0.25) is 5.95 Å². The molecule has 0 radical (unpaired) electrons. The molecule has 1 saturated heterocycles.